The Bertz CT molecular complexity index is 713. The summed E-state index contributed by atoms with van der Waals surface area (Å²) in [4.78, 5) is 11.9. The van der Waals surface area contributed by atoms with Crippen LogP contribution in [0.2, 0.25) is 0 Å². The first-order valence-electron chi connectivity index (χ1n) is 6.80. The zero-order valence-electron chi connectivity index (χ0n) is 13.0. The normalized spacial score (nSPS) is 15.0. The fourth-order valence-electron chi connectivity index (χ4n) is 1.74. The third-order valence-corrected chi connectivity index (χ3v) is 3.00. The molecule has 0 fully saturated rings. The summed E-state index contributed by atoms with van der Waals surface area (Å²) >= 11 is 4.93. The van der Waals surface area contributed by atoms with E-state index >= 15 is 0 Å². The van der Waals surface area contributed by atoms with Gasteiger partial charge in [0.15, 0.2) is 11.5 Å². The highest BCUT2D eigenvalue weighted by molar-refractivity contribution is 7.80. The van der Waals surface area contributed by atoms with Crippen LogP contribution in [0, 0.1) is 0 Å². The van der Waals surface area contributed by atoms with Gasteiger partial charge in [-0.1, -0.05) is 6.58 Å². The van der Waals surface area contributed by atoms with Crippen molar-refractivity contribution >= 4 is 29.5 Å². The molecule has 0 saturated carbocycles. The van der Waals surface area contributed by atoms with Crippen LogP contribution in [0.1, 0.15) is 19.4 Å². The molecule has 1 aliphatic heterocycles. The van der Waals surface area contributed by atoms with E-state index in [0.717, 1.165) is 5.01 Å². The first-order valence-corrected chi connectivity index (χ1v) is 7.21. The number of thiocarbonyl (C=S) groups is 1. The van der Waals surface area contributed by atoms with Gasteiger partial charge in [-0.2, -0.15) is 10.1 Å². The highest BCUT2D eigenvalue weighted by atomic mass is 32.1. The molecule has 1 aromatic rings. The number of methoxy groups -OCH3 is 1. The third-order valence-electron chi connectivity index (χ3n) is 2.75. The minimum atomic E-state index is -0.507. The largest absolute Gasteiger partial charge is 0.493 e. The Labute approximate surface area is 139 Å². The summed E-state index contributed by atoms with van der Waals surface area (Å²) in [5.74, 6) is 0.693. The SMILES string of the molecule is C=C1N=NC(=S)N(/N=C/c2ccc(OC(C)C)c(OC)c2)C1=O. The number of hydrazone groups is 1. The predicted molar refractivity (Wildman–Crippen MR) is 89.8 cm³/mol. The number of nitrogens with zero attached hydrogens (tertiary/aromatic N) is 4. The highest BCUT2D eigenvalue weighted by Gasteiger charge is 2.24. The number of rotatable bonds is 5. The molecule has 0 saturated heterocycles. The van der Waals surface area contributed by atoms with Crippen LogP contribution >= 0.6 is 12.2 Å². The lowest BCUT2D eigenvalue weighted by Gasteiger charge is -2.17. The monoisotopic (exact) mass is 332 g/mol. The van der Waals surface area contributed by atoms with Crippen LogP contribution in [-0.4, -0.2) is 35.5 Å². The number of azo groups is 1. The van der Waals surface area contributed by atoms with Gasteiger partial charge < -0.3 is 9.47 Å². The molecule has 1 aromatic carbocycles. The average Bonchev–Trinajstić information content (AvgIpc) is 2.51. The fraction of sp³-hybridized carbons (Fsp3) is 0.267. The standard InChI is InChI=1S/C15H16N4O3S/c1-9(2)22-12-6-5-11(7-13(12)21-4)8-16-19-14(20)10(3)17-18-15(19)23/h5-9H,3H2,1-2,4H3/b16-8+. The minimum absolute atomic E-state index is 0.0194. The molecule has 0 bridgehead atoms. The quantitative estimate of drug-likeness (QED) is 0.472. The van der Waals surface area contributed by atoms with Gasteiger partial charge in [-0.3, -0.25) is 4.79 Å². The molecule has 0 aromatic heterocycles. The first-order chi connectivity index (χ1) is 10.9. The summed E-state index contributed by atoms with van der Waals surface area (Å²) in [5, 5.41) is 12.2. The Hall–Kier alpha value is -2.61. The zero-order chi connectivity index (χ0) is 17.0. The second-order valence-corrected chi connectivity index (χ2v) is 5.23. The van der Waals surface area contributed by atoms with Crippen LogP contribution in [-0.2, 0) is 4.79 Å². The van der Waals surface area contributed by atoms with E-state index in [1.54, 1.807) is 25.3 Å². The molecule has 0 N–H and O–H groups in total. The lowest BCUT2D eigenvalue weighted by atomic mass is 10.2. The smallest absolute Gasteiger partial charge is 0.300 e. The molecule has 7 nitrogen and oxygen atoms in total. The number of amides is 1. The minimum Gasteiger partial charge on any atom is -0.493 e. The molecule has 1 amide bonds. The molecular weight excluding hydrogens is 316 g/mol. The van der Waals surface area contributed by atoms with E-state index in [1.807, 2.05) is 13.8 Å². The molecule has 23 heavy (non-hydrogen) atoms. The topological polar surface area (TPSA) is 75.8 Å². The zero-order valence-corrected chi connectivity index (χ0v) is 13.8. The van der Waals surface area contributed by atoms with Crippen molar-refractivity contribution < 1.29 is 14.3 Å². The van der Waals surface area contributed by atoms with Crippen molar-refractivity contribution in [2.45, 2.75) is 20.0 Å². The number of hydrogen-bond donors (Lipinski definition) is 0. The maximum Gasteiger partial charge on any atom is 0.300 e. The summed E-state index contributed by atoms with van der Waals surface area (Å²) in [6.07, 6.45) is 1.50. The summed E-state index contributed by atoms with van der Waals surface area (Å²) in [5.41, 5.74) is 0.690. The Morgan fingerprint density at radius 1 is 1.35 bits per heavy atom. The summed E-state index contributed by atoms with van der Waals surface area (Å²) in [6, 6.07) is 5.31. The Morgan fingerprint density at radius 2 is 2.09 bits per heavy atom. The van der Waals surface area contributed by atoms with Gasteiger partial charge in [-0.25, -0.2) is 0 Å². The maximum atomic E-state index is 11.9. The van der Waals surface area contributed by atoms with Crippen molar-refractivity contribution in [1.82, 2.24) is 5.01 Å². The van der Waals surface area contributed by atoms with Gasteiger partial charge in [0.2, 0.25) is 5.11 Å². The molecule has 0 unspecified atom stereocenters. The van der Waals surface area contributed by atoms with Crippen LogP contribution in [0.15, 0.2) is 45.8 Å². The lowest BCUT2D eigenvalue weighted by molar-refractivity contribution is -0.123. The van der Waals surface area contributed by atoms with E-state index in [4.69, 9.17) is 21.7 Å². The van der Waals surface area contributed by atoms with Gasteiger partial charge >= 0.3 is 5.91 Å². The fourth-order valence-corrected chi connectivity index (χ4v) is 1.91. The highest BCUT2D eigenvalue weighted by Crippen LogP contribution is 2.28. The van der Waals surface area contributed by atoms with Crippen LogP contribution in [0.3, 0.4) is 0 Å². The van der Waals surface area contributed by atoms with E-state index in [0.29, 0.717) is 17.1 Å². The number of benzene rings is 1. The molecule has 0 spiro atoms. The number of carbonyl (C=O) groups is 1. The van der Waals surface area contributed by atoms with Crippen LogP contribution in [0.5, 0.6) is 11.5 Å². The molecule has 2 rings (SSSR count). The number of carbonyl (C=O) groups excluding carboxylic acids is 1. The van der Waals surface area contributed by atoms with Gasteiger partial charge in [0.25, 0.3) is 0 Å². The average molecular weight is 332 g/mol. The molecule has 1 aliphatic rings. The van der Waals surface area contributed by atoms with Gasteiger partial charge in [-0.05, 0) is 49.8 Å². The number of ether oxygens (including phenoxy) is 2. The van der Waals surface area contributed by atoms with Crippen molar-refractivity contribution in [2.75, 3.05) is 7.11 Å². The van der Waals surface area contributed by atoms with E-state index in [1.165, 1.54) is 6.21 Å². The molecule has 120 valence electrons. The molecular formula is C15H16N4O3S. The van der Waals surface area contributed by atoms with Crippen LogP contribution in [0.4, 0.5) is 0 Å². The van der Waals surface area contributed by atoms with Crippen LogP contribution in [0.25, 0.3) is 0 Å². The summed E-state index contributed by atoms with van der Waals surface area (Å²) in [7, 11) is 1.55. The summed E-state index contributed by atoms with van der Waals surface area (Å²) in [6.45, 7) is 7.34. The molecule has 1 heterocycles. The first kappa shape index (κ1) is 16.8. The van der Waals surface area contributed by atoms with E-state index in [2.05, 4.69) is 21.9 Å². The molecule has 0 aliphatic carbocycles. The second kappa shape index (κ2) is 7.10. The van der Waals surface area contributed by atoms with Crippen molar-refractivity contribution in [3.8, 4) is 11.5 Å². The predicted octanol–water partition coefficient (Wildman–Crippen LogP) is 2.91. The third kappa shape index (κ3) is 3.98. The van der Waals surface area contributed by atoms with Gasteiger partial charge in [-0.15, -0.1) is 10.2 Å². The van der Waals surface area contributed by atoms with E-state index < -0.39 is 5.91 Å². The van der Waals surface area contributed by atoms with E-state index in [9.17, 15) is 4.79 Å². The van der Waals surface area contributed by atoms with Crippen molar-refractivity contribution in [2.24, 2.45) is 15.3 Å². The molecule has 0 atom stereocenters. The Kier molecular flexibility index (Phi) is 5.17. The molecule has 0 radical (unpaired) electrons. The van der Waals surface area contributed by atoms with Crippen molar-refractivity contribution in [3.63, 3.8) is 0 Å². The number of hydrogen-bond acceptors (Lipinski definition) is 6. The molecule has 8 heteroatoms. The Balaban J connectivity index is 2.23. The van der Waals surface area contributed by atoms with Crippen molar-refractivity contribution in [1.29, 1.82) is 0 Å². The van der Waals surface area contributed by atoms with Crippen LogP contribution < -0.4 is 9.47 Å². The lowest BCUT2D eigenvalue weighted by Crippen LogP contribution is -2.33. The summed E-state index contributed by atoms with van der Waals surface area (Å²) < 4.78 is 10.9. The van der Waals surface area contributed by atoms with Gasteiger partial charge in [0.1, 0.15) is 5.70 Å². The second-order valence-electron chi connectivity index (χ2n) is 4.87. The van der Waals surface area contributed by atoms with E-state index in [-0.39, 0.29) is 16.9 Å². The maximum absolute atomic E-state index is 11.9. The van der Waals surface area contributed by atoms with Gasteiger partial charge in [0.05, 0.1) is 19.4 Å². The Morgan fingerprint density at radius 3 is 2.74 bits per heavy atom. The van der Waals surface area contributed by atoms with Crippen molar-refractivity contribution in [3.05, 3.63) is 36.0 Å². The van der Waals surface area contributed by atoms with Gasteiger partial charge in [0, 0.05) is 0 Å².